The fourth-order valence-corrected chi connectivity index (χ4v) is 25.4. The number of allylic oxidation sites excluding steroid dienone is 1. The Hall–Kier alpha value is -5.89. The summed E-state index contributed by atoms with van der Waals surface area (Å²) < 4.78 is 37.9. The highest BCUT2D eigenvalue weighted by Crippen LogP contribution is 2.67. The van der Waals surface area contributed by atoms with Crippen LogP contribution in [-0.2, 0) is 23.7 Å². The topological polar surface area (TPSA) is 484 Å². The number of H-pyrrole nitrogens is 1. The van der Waals surface area contributed by atoms with Gasteiger partial charge in [0, 0.05) is 93.4 Å². The molecule has 17 rings (SSSR count). The van der Waals surface area contributed by atoms with Crippen LogP contribution in [0, 0.1) is 116 Å². The van der Waals surface area contributed by atoms with Crippen molar-refractivity contribution in [2.75, 3.05) is 5.73 Å². The second-order valence-electron chi connectivity index (χ2n) is 35.0. The molecule has 638 valence electrons. The van der Waals surface area contributed by atoms with Crippen LogP contribution in [0.1, 0.15) is 149 Å². The number of aryl methyl sites for hydroxylation is 4. The summed E-state index contributed by atoms with van der Waals surface area (Å²) in [5.74, 6) is 3.51. The Morgan fingerprint density at radius 2 is 0.819 bits per heavy atom. The zero-order chi connectivity index (χ0) is 84.9. The minimum absolute atomic E-state index is 0.0100. The van der Waals surface area contributed by atoms with Crippen LogP contribution in [0.25, 0.3) is 22.3 Å². The van der Waals surface area contributed by atoms with Gasteiger partial charge in [-0.05, 0) is 131 Å². The van der Waals surface area contributed by atoms with E-state index in [-0.39, 0.29) is 190 Å². The van der Waals surface area contributed by atoms with Crippen molar-refractivity contribution in [1.29, 1.82) is 0 Å². The summed E-state index contributed by atoms with van der Waals surface area (Å²) in [4.78, 5) is 180. The molecule has 6 aromatic heterocycles. The quantitative estimate of drug-likeness (QED) is 0.0451. The molecule has 5 aliphatic carbocycles. The van der Waals surface area contributed by atoms with E-state index in [9.17, 15) is 68.1 Å². The van der Waals surface area contributed by atoms with Gasteiger partial charge in [-0.3, -0.25) is 28.0 Å². The van der Waals surface area contributed by atoms with Crippen LogP contribution in [0.15, 0.2) is 76.4 Å². The molecule has 10 fully saturated rings. The highest BCUT2D eigenvalue weighted by molar-refractivity contribution is 7.65. The van der Waals surface area contributed by atoms with Crippen LogP contribution < -0.4 is 28.0 Å². The Morgan fingerprint density at radius 3 is 1.21 bits per heavy atom. The van der Waals surface area contributed by atoms with Gasteiger partial charge in [0.25, 0.3) is 5.56 Å². The number of nitrogen functional groups attached to an aromatic ring is 1. The molecule has 34 nitrogen and oxygen atoms in total. The molecule has 0 aromatic carbocycles. The lowest BCUT2D eigenvalue weighted by atomic mass is 9.90. The van der Waals surface area contributed by atoms with Gasteiger partial charge in [-0.2, -0.15) is 9.97 Å². The van der Waals surface area contributed by atoms with E-state index < -0.39 is 48.6 Å². The molecule has 0 bridgehead atoms. The lowest BCUT2D eigenvalue weighted by Gasteiger charge is -2.31. The number of carbonyl (C=O) groups is 1. The molecule has 14 N–H and O–H groups in total. The van der Waals surface area contributed by atoms with Gasteiger partial charge in [-0.1, -0.05) is 107 Å². The van der Waals surface area contributed by atoms with Crippen molar-refractivity contribution in [2.24, 2.45) is 88.8 Å². The first-order chi connectivity index (χ1) is 54.0. The van der Waals surface area contributed by atoms with Gasteiger partial charge < -0.3 is 88.7 Å². The number of urea groups is 1. The summed E-state index contributed by atoms with van der Waals surface area (Å²) in [5.41, 5.74) is 9.15. The van der Waals surface area contributed by atoms with E-state index in [2.05, 4.69) is 146 Å². The third kappa shape index (κ3) is 17.8. The monoisotopic (exact) mass is 1710 g/mol. The molecular weight excluding hydrogens is 1590 g/mol. The van der Waals surface area contributed by atoms with E-state index >= 15 is 0 Å². The van der Waals surface area contributed by atoms with Crippen molar-refractivity contribution < 1.29 is 77.4 Å². The van der Waals surface area contributed by atoms with Gasteiger partial charge in [-0.15, -0.1) is 0 Å². The van der Waals surface area contributed by atoms with Crippen molar-refractivity contribution in [3.8, 4) is 0 Å². The summed E-state index contributed by atoms with van der Waals surface area (Å²) in [6.07, 6.45) is 31.2. The van der Waals surface area contributed by atoms with E-state index in [0.717, 1.165) is 48.1 Å². The molecule has 6 aliphatic heterocycles. The Labute approximate surface area is 674 Å². The van der Waals surface area contributed by atoms with Crippen LogP contribution in [0.5, 0.6) is 0 Å². The van der Waals surface area contributed by atoms with Gasteiger partial charge in [0.05, 0.1) is 48.9 Å². The van der Waals surface area contributed by atoms with Crippen molar-refractivity contribution in [3.05, 3.63) is 116 Å². The summed E-state index contributed by atoms with van der Waals surface area (Å²) in [6.45, 7) is 31.9. The number of nitrogens with one attached hydrogen (secondary N) is 2. The highest BCUT2D eigenvalue weighted by Gasteiger charge is 2.61. The largest absolute Gasteiger partial charge is 0.383 e. The van der Waals surface area contributed by atoms with Crippen LogP contribution in [0.3, 0.4) is 0 Å². The highest BCUT2D eigenvalue weighted by atomic mass is 31.2. The lowest BCUT2D eigenvalue weighted by Crippen LogP contribution is -2.46. The molecule has 39 heteroatoms. The van der Waals surface area contributed by atoms with E-state index in [1.54, 1.807) is 75.4 Å². The van der Waals surface area contributed by atoms with Gasteiger partial charge in [-0.25, -0.2) is 39.3 Å². The number of amides is 2. The van der Waals surface area contributed by atoms with E-state index in [4.69, 9.17) is 29.4 Å². The van der Waals surface area contributed by atoms with Crippen molar-refractivity contribution in [3.63, 3.8) is 0 Å². The van der Waals surface area contributed by atoms with Crippen molar-refractivity contribution in [1.82, 2.24) is 68.4 Å². The molecule has 2 amide bonds. The Balaban J connectivity index is 0.000000126. The second-order valence-corrected chi connectivity index (χ2v) is 46.2. The number of nitrogens with zero attached hydrogens (tertiary/aromatic N) is 12. The third-order valence-electron chi connectivity index (χ3n) is 26.8. The van der Waals surface area contributed by atoms with Crippen LogP contribution in [-0.4, -0.2) is 215 Å². The maximum absolute atomic E-state index is 12.2. The predicted molar refractivity (Wildman–Crippen MR) is 450 cm³/mol. The zero-order valence-electron chi connectivity index (χ0n) is 68.0. The number of anilines is 1. The first-order valence-electron chi connectivity index (χ1n) is 39.6. The number of rotatable bonds is 15. The number of aromatic amines is 1. The summed E-state index contributed by atoms with van der Waals surface area (Å²) >= 11 is 0. The van der Waals surface area contributed by atoms with Gasteiger partial charge in [0.1, 0.15) is 91.3 Å². The molecule has 5 saturated heterocycles. The number of ether oxygens (including phenoxy) is 5. The fourth-order valence-electron chi connectivity index (χ4n) is 18.5. The number of carbonyl (C=O) groups excluding carboxylic acids is 1. The first kappa shape index (κ1) is 87.9. The molecular formula is C77H116N15O19P5. The molecule has 5 saturated carbocycles. The van der Waals surface area contributed by atoms with E-state index in [0.29, 0.717) is 40.7 Å². The first-order valence-corrected chi connectivity index (χ1v) is 49.4. The molecule has 6 aromatic rings. The van der Waals surface area contributed by atoms with Gasteiger partial charge >= 0.3 is 17.4 Å². The smallest absolute Gasteiger partial charge is 0.351 e. The standard InChI is InChI=1S/C16H23N4O4P.C16H23N4O3P.C15H24N3O4P.2C15H23N2O4P/c1-7-8(2)16(24-13(7)10-5-11(10)25(4,22)23)20-6-17-12-14(20)18-9(3)19-15(12)21;1-8-9(2)16(23-14(8)11-5-12(11)24(4,21)22)20-7-19-13-10(3)17-6-18-15(13)20;1-7-6-18(15(19)17-13(7)16)14-9(3)8(2)12(22-14)10-5-11(10)23(4,20)21;2*1-8-5-6-17(15(18)16-8)14-10(3)9(2)13(21-14)11-7-12(11)22(4,19)20/h6-8,10-11,13,16,22-23H,4-5H2,1-3H3,(H,18,19,21);6-9,11-12,14,16,21-22H,4-5H2,1-3H3;6,8-12,14,20-21H,4-5H2,1-3H3,(H2,16,17,19);5-6,9-14,19-20H,4,7H2,1-3H3;5-6,9-14,19-20H,1,4,7H2,2-3H3,(H,16,18). The molecule has 0 radical (unpaired) electrons. The number of imidazole rings is 2. The number of nitrogens with two attached hydrogens (primary N) is 1. The molecule has 11 aliphatic rings. The van der Waals surface area contributed by atoms with Crippen LogP contribution in [0.2, 0.25) is 0 Å². The number of hydrogen-bond acceptors (Lipinski definition) is 27. The lowest BCUT2D eigenvalue weighted by molar-refractivity contribution is -0.0382. The number of fused-ring (bicyclic) bond motifs is 2. The second kappa shape index (κ2) is 32.5. The van der Waals surface area contributed by atoms with E-state index in [1.165, 1.54) is 9.13 Å². The third-order valence-corrected chi connectivity index (χ3v) is 35.1. The zero-order valence-corrected chi connectivity index (χ0v) is 72.5. The Kier molecular flexibility index (Phi) is 24.6. The van der Waals surface area contributed by atoms with Crippen LogP contribution >= 0.6 is 36.7 Å². The van der Waals surface area contributed by atoms with Crippen molar-refractivity contribution >= 4 is 102 Å². The van der Waals surface area contributed by atoms with Crippen molar-refractivity contribution in [2.45, 2.75) is 219 Å². The Morgan fingerprint density at radius 1 is 0.457 bits per heavy atom. The minimum atomic E-state index is -3.07. The van der Waals surface area contributed by atoms with Crippen LogP contribution in [0.4, 0.5) is 10.6 Å². The molecule has 0 spiro atoms. The predicted octanol–water partition coefficient (Wildman–Crippen LogP) is 7.23. The maximum atomic E-state index is 12.2. The van der Waals surface area contributed by atoms with E-state index in [1.807, 2.05) is 23.0 Å². The number of aromatic nitrogens is 12. The SMILES string of the molecule is C=C1C=CN(C2OC(C3CC3P(=C)(O)O)C(C)C2C)C(=O)N1.C=P(O)(O)C1CC1C1OC(n2cc(C)c(N)nc2=O)C(C)C1C.C=P(O)(O)C1CC1C1OC(n2ccc(C)nc2=O)C(C)C1C.C=P(O)(O)C1CC1C1OC(n2cnc3c(=O)[nH]c(C)nc32)C(C)C1C.C=P(O)(O)C1CC1C1OC(n2cnc3c(C)ncnc32)C(C)C1C. The molecule has 116 heavy (non-hydrogen) atoms. The normalized spacial score (nSPS) is 37.7. The molecule has 12 heterocycles. The average Bonchev–Trinajstić information content (AvgIpc) is 1.60. The Bertz CT molecular complexity index is 5220. The fraction of sp³-hybridized carbons (Fsp3) is 0.636. The minimum Gasteiger partial charge on any atom is -0.383 e. The van der Waals surface area contributed by atoms with Gasteiger partial charge in [0.15, 0.2) is 16.8 Å². The summed E-state index contributed by atoms with van der Waals surface area (Å²) in [6, 6.07) is 1.55. The number of hydrogen-bond donors (Lipinski definition) is 13. The summed E-state index contributed by atoms with van der Waals surface area (Å²) in [7, 11) is -15.3. The summed E-state index contributed by atoms with van der Waals surface area (Å²) in [5, 5.41) is 2.68. The van der Waals surface area contributed by atoms with Gasteiger partial charge in [0.2, 0.25) is 0 Å². The molecule has 30 unspecified atom stereocenters. The average molecular weight is 1710 g/mol. The maximum Gasteiger partial charge on any atom is 0.351 e. The molecule has 30 atom stereocenters.